The molecule has 4 rings (SSSR count). The number of aryl methyl sites for hydroxylation is 2. The van der Waals surface area contributed by atoms with Crippen molar-refractivity contribution in [3.05, 3.63) is 69.8 Å². The normalized spacial score (nSPS) is 24.9. The fourth-order valence-electron chi connectivity index (χ4n) is 5.82. The molecule has 2 aliphatic rings. The molecule has 0 aromatic heterocycles. The Morgan fingerprint density at radius 3 is 1.97 bits per heavy atom. The molecule has 0 amide bonds. The Morgan fingerprint density at radius 1 is 0.812 bits per heavy atom. The molecule has 2 aromatic carbocycles. The molecule has 1 heterocycles. The Balaban J connectivity index is 1.99. The Hall–Kier alpha value is -1.21. The van der Waals surface area contributed by atoms with Crippen LogP contribution in [0, 0.1) is 13.8 Å². The summed E-state index contributed by atoms with van der Waals surface area (Å²) < 4.78 is 12.5. The summed E-state index contributed by atoms with van der Waals surface area (Å²) in [5.74, 6) is 0.404. The zero-order valence-corrected chi connectivity index (χ0v) is 22.2. The van der Waals surface area contributed by atoms with Gasteiger partial charge in [-0.2, -0.15) is 0 Å². The first kappa shape index (κ1) is 23.9. The highest BCUT2D eigenvalue weighted by atomic mass is 31.2. The van der Waals surface area contributed by atoms with Gasteiger partial charge in [-0.15, -0.1) is 0 Å². The van der Waals surface area contributed by atoms with Crippen molar-refractivity contribution >= 4 is 8.38 Å². The van der Waals surface area contributed by atoms with E-state index in [1.54, 1.807) is 0 Å². The maximum atomic E-state index is 6.27. The zero-order valence-electron chi connectivity index (χ0n) is 21.3. The summed E-state index contributed by atoms with van der Waals surface area (Å²) in [6, 6.07) is 14.3. The summed E-state index contributed by atoms with van der Waals surface area (Å²) in [4.78, 5) is 0. The monoisotopic (exact) mass is 452 g/mol. The van der Waals surface area contributed by atoms with Gasteiger partial charge in [0.2, 0.25) is 0 Å². The lowest BCUT2D eigenvalue weighted by atomic mass is 9.65. The van der Waals surface area contributed by atoms with Crippen molar-refractivity contribution in [1.82, 2.24) is 0 Å². The molecule has 174 valence electrons. The third-order valence-electron chi connectivity index (χ3n) is 7.38. The van der Waals surface area contributed by atoms with Crippen LogP contribution in [-0.4, -0.2) is 6.79 Å². The Bertz CT molecular complexity index is 978. The van der Waals surface area contributed by atoms with Crippen molar-refractivity contribution in [2.75, 3.05) is 6.79 Å². The van der Waals surface area contributed by atoms with Crippen molar-refractivity contribution in [3.8, 4) is 0 Å². The van der Waals surface area contributed by atoms with E-state index in [9.17, 15) is 0 Å². The van der Waals surface area contributed by atoms with E-state index in [0.717, 1.165) is 6.42 Å². The van der Waals surface area contributed by atoms with Crippen LogP contribution < -0.4 is 0 Å². The van der Waals surface area contributed by atoms with Gasteiger partial charge >= 0.3 is 0 Å². The molecule has 0 bridgehead atoms. The number of benzene rings is 2. The average molecular weight is 453 g/mol. The van der Waals surface area contributed by atoms with Crippen LogP contribution in [0.25, 0.3) is 0 Å². The van der Waals surface area contributed by atoms with Crippen LogP contribution in [-0.2, 0) is 25.0 Å². The van der Waals surface area contributed by atoms with Crippen LogP contribution in [0.3, 0.4) is 0 Å². The fraction of sp³-hybridized carbons (Fsp3) is 0.586. The van der Waals surface area contributed by atoms with Crippen LogP contribution in [0.1, 0.15) is 107 Å². The second kappa shape index (κ2) is 8.53. The Morgan fingerprint density at radius 2 is 1.41 bits per heavy atom. The molecule has 1 saturated carbocycles. The molecule has 0 N–H and O–H groups in total. The third kappa shape index (κ3) is 4.20. The van der Waals surface area contributed by atoms with E-state index in [1.807, 2.05) is 0 Å². The molecule has 1 saturated heterocycles. The first-order valence-electron chi connectivity index (χ1n) is 12.2. The number of hydrogen-bond acceptors (Lipinski definition) is 2. The summed E-state index contributed by atoms with van der Waals surface area (Å²) in [7, 11) is -0.968. The highest BCUT2D eigenvalue weighted by Crippen LogP contribution is 2.73. The standard InChI is InChI=1S/C29H41O2P/c1-20-12-14-22(25(17-20)27(3,4)5)23-11-9-10-16-29(23,32-30-19-31-32)24-15-13-21(2)18-26(24)28(6,7)8/h12-15,17-18,23H,9-11,16,19H2,1-8H3. The second-order valence-electron chi connectivity index (χ2n) is 12.0. The summed E-state index contributed by atoms with van der Waals surface area (Å²) in [6.45, 7) is 19.0. The van der Waals surface area contributed by atoms with Gasteiger partial charge in [-0.3, -0.25) is 0 Å². The van der Waals surface area contributed by atoms with Gasteiger partial charge in [0.15, 0.2) is 15.2 Å². The van der Waals surface area contributed by atoms with E-state index < -0.39 is 8.38 Å². The molecule has 32 heavy (non-hydrogen) atoms. The topological polar surface area (TPSA) is 18.5 Å². The molecule has 2 fully saturated rings. The summed E-state index contributed by atoms with van der Waals surface area (Å²) in [5.41, 5.74) is 8.74. The third-order valence-corrected chi connectivity index (χ3v) is 9.49. The van der Waals surface area contributed by atoms with E-state index in [0.29, 0.717) is 12.7 Å². The molecule has 2 nitrogen and oxygen atoms in total. The minimum Gasteiger partial charge on any atom is -0.305 e. The smallest absolute Gasteiger partial charge is 0.186 e. The van der Waals surface area contributed by atoms with Crippen molar-refractivity contribution in [2.45, 2.75) is 103 Å². The van der Waals surface area contributed by atoms with E-state index in [4.69, 9.17) is 9.05 Å². The fourth-order valence-corrected chi connectivity index (χ4v) is 7.75. The molecule has 0 spiro atoms. The highest BCUT2D eigenvalue weighted by Gasteiger charge is 2.55. The van der Waals surface area contributed by atoms with Gasteiger partial charge in [-0.05, 0) is 59.8 Å². The van der Waals surface area contributed by atoms with Gasteiger partial charge in [-0.1, -0.05) is 102 Å². The predicted molar refractivity (Wildman–Crippen MR) is 137 cm³/mol. The van der Waals surface area contributed by atoms with E-state index in [2.05, 4.69) is 91.8 Å². The van der Waals surface area contributed by atoms with E-state index >= 15 is 0 Å². The van der Waals surface area contributed by atoms with Crippen LogP contribution in [0.4, 0.5) is 0 Å². The van der Waals surface area contributed by atoms with Gasteiger partial charge < -0.3 is 9.05 Å². The zero-order chi connectivity index (χ0) is 23.3. The lowest BCUT2D eigenvalue weighted by molar-refractivity contribution is 0.0200. The average Bonchev–Trinajstić information content (AvgIpc) is 2.65. The molecule has 3 heteroatoms. The Labute approximate surface area is 197 Å². The molecule has 1 aliphatic carbocycles. The maximum Gasteiger partial charge on any atom is 0.186 e. The summed E-state index contributed by atoms with van der Waals surface area (Å²) >= 11 is 0. The molecule has 0 radical (unpaired) electrons. The first-order chi connectivity index (χ1) is 14.9. The molecule has 2 atom stereocenters. The lowest BCUT2D eigenvalue weighted by Gasteiger charge is -2.53. The van der Waals surface area contributed by atoms with Crippen molar-refractivity contribution in [2.24, 2.45) is 0 Å². The van der Waals surface area contributed by atoms with Crippen LogP contribution >= 0.6 is 8.38 Å². The quantitative estimate of drug-likeness (QED) is 0.433. The minimum absolute atomic E-state index is 0.0662. The van der Waals surface area contributed by atoms with Gasteiger partial charge in [0.1, 0.15) is 0 Å². The van der Waals surface area contributed by atoms with Gasteiger partial charge in [0.25, 0.3) is 0 Å². The predicted octanol–water partition coefficient (Wildman–Crippen LogP) is 8.77. The van der Waals surface area contributed by atoms with Crippen LogP contribution in [0.5, 0.6) is 0 Å². The molecule has 1 aliphatic heterocycles. The largest absolute Gasteiger partial charge is 0.305 e. The molecule has 2 aromatic rings. The van der Waals surface area contributed by atoms with E-state index in [-0.39, 0.29) is 16.0 Å². The van der Waals surface area contributed by atoms with Crippen molar-refractivity contribution in [3.63, 3.8) is 0 Å². The maximum absolute atomic E-state index is 6.27. The lowest BCUT2D eigenvalue weighted by Crippen LogP contribution is -2.41. The molecular weight excluding hydrogens is 411 g/mol. The highest BCUT2D eigenvalue weighted by molar-refractivity contribution is 7.49. The van der Waals surface area contributed by atoms with Crippen LogP contribution in [0.2, 0.25) is 0 Å². The summed E-state index contributed by atoms with van der Waals surface area (Å²) in [5, 5.41) is -0.0998. The second-order valence-corrected chi connectivity index (χ2v) is 13.8. The Kier molecular flexibility index (Phi) is 6.38. The van der Waals surface area contributed by atoms with Crippen molar-refractivity contribution < 1.29 is 9.05 Å². The molecule has 2 unspecified atom stereocenters. The van der Waals surface area contributed by atoms with Gasteiger partial charge in [-0.25, -0.2) is 0 Å². The number of rotatable bonds is 3. The first-order valence-corrected chi connectivity index (χ1v) is 13.4. The van der Waals surface area contributed by atoms with E-state index in [1.165, 1.54) is 52.6 Å². The minimum atomic E-state index is -0.968. The van der Waals surface area contributed by atoms with Gasteiger partial charge in [0, 0.05) is 5.92 Å². The van der Waals surface area contributed by atoms with Crippen molar-refractivity contribution in [1.29, 1.82) is 0 Å². The molecular formula is C29H41O2P. The SMILES string of the molecule is Cc1ccc(C2CCCCC2(c2ccc(C)cc2C(C)(C)C)P2OCO2)c(C(C)(C)C)c1. The van der Waals surface area contributed by atoms with Crippen LogP contribution in [0.15, 0.2) is 36.4 Å². The van der Waals surface area contributed by atoms with Gasteiger partial charge in [0.05, 0.1) is 5.16 Å². The summed E-state index contributed by atoms with van der Waals surface area (Å²) in [6.07, 6.45) is 4.82. The number of hydrogen-bond donors (Lipinski definition) is 0.